The lowest BCUT2D eigenvalue weighted by atomic mass is 10.0. The van der Waals surface area contributed by atoms with Crippen LogP contribution in [-0.4, -0.2) is 14.5 Å². The minimum atomic E-state index is -0.751. The summed E-state index contributed by atoms with van der Waals surface area (Å²) in [7, 11) is 0. The molecule has 0 unspecified atom stereocenters. The summed E-state index contributed by atoms with van der Waals surface area (Å²) in [6.45, 7) is -0.686. The number of imidazole rings is 1. The fourth-order valence-corrected chi connectivity index (χ4v) is 4.15. The number of aliphatic hydroxyl groups is 1. The molecule has 0 amide bonds. The van der Waals surface area contributed by atoms with Crippen LogP contribution in [0.3, 0.4) is 0 Å². The Morgan fingerprint density at radius 2 is 1.82 bits per heavy atom. The van der Waals surface area contributed by atoms with Gasteiger partial charge in [-0.05, 0) is 53.2 Å². The fourth-order valence-electron chi connectivity index (χ4n) is 3.38. The normalized spacial score (nSPS) is 11.5. The Hall–Kier alpha value is -3.09. The van der Waals surface area contributed by atoms with E-state index in [1.54, 1.807) is 29.7 Å². The van der Waals surface area contributed by atoms with Crippen molar-refractivity contribution in [1.29, 1.82) is 0 Å². The van der Waals surface area contributed by atoms with Gasteiger partial charge in [0.1, 0.15) is 17.3 Å². The Morgan fingerprint density at radius 3 is 2.68 bits per heavy atom. The highest BCUT2D eigenvalue weighted by atomic mass is 32.1. The minimum Gasteiger partial charge on any atom is -0.391 e. The second kappa shape index (κ2) is 6.51. The zero-order valence-corrected chi connectivity index (χ0v) is 15.4. The predicted octanol–water partition coefficient (Wildman–Crippen LogP) is 5.65. The monoisotopic (exact) mass is 392 g/mol. The van der Waals surface area contributed by atoms with Crippen LogP contribution in [0.15, 0.2) is 66.3 Å². The van der Waals surface area contributed by atoms with Crippen molar-refractivity contribution < 1.29 is 13.9 Å². The number of hydrogen-bond acceptors (Lipinski definition) is 3. The molecule has 6 heteroatoms. The Labute approximate surface area is 163 Å². The number of nitrogens with zero attached hydrogens (tertiary/aromatic N) is 2. The summed E-state index contributed by atoms with van der Waals surface area (Å²) < 4.78 is 31.3. The average molecular weight is 392 g/mol. The van der Waals surface area contributed by atoms with Gasteiger partial charge in [0, 0.05) is 39.3 Å². The molecule has 0 fully saturated rings. The molecule has 0 atom stereocenters. The summed E-state index contributed by atoms with van der Waals surface area (Å²) >= 11 is 1.70. The zero-order valence-electron chi connectivity index (χ0n) is 14.6. The van der Waals surface area contributed by atoms with E-state index in [-0.39, 0.29) is 11.1 Å². The number of benzene rings is 2. The largest absolute Gasteiger partial charge is 0.391 e. The van der Waals surface area contributed by atoms with Gasteiger partial charge in [-0.2, -0.15) is 0 Å². The number of halogens is 2. The molecule has 0 saturated heterocycles. The fraction of sp³-hybridized carbons (Fsp3) is 0.0455. The van der Waals surface area contributed by atoms with E-state index in [1.165, 1.54) is 22.2 Å². The highest BCUT2D eigenvalue weighted by Crippen LogP contribution is 2.30. The number of aliphatic hydroxyl groups excluding tert-OH is 1. The number of aromatic nitrogens is 2. The summed E-state index contributed by atoms with van der Waals surface area (Å²) in [5.41, 5.74) is 3.05. The lowest BCUT2D eigenvalue weighted by molar-refractivity contribution is 0.269. The Morgan fingerprint density at radius 1 is 0.964 bits per heavy atom. The third-order valence-electron chi connectivity index (χ3n) is 4.85. The molecule has 5 rings (SSSR count). The summed E-state index contributed by atoms with van der Waals surface area (Å²) in [5, 5.41) is 12.5. The van der Waals surface area contributed by atoms with Crippen molar-refractivity contribution in [2.75, 3.05) is 0 Å². The van der Waals surface area contributed by atoms with Gasteiger partial charge >= 0.3 is 0 Å². The maximum atomic E-state index is 14.6. The van der Waals surface area contributed by atoms with Crippen LogP contribution in [0.25, 0.3) is 38.1 Å². The molecule has 28 heavy (non-hydrogen) atoms. The Bertz CT molecular complexity index is 1340. The van der Waals surface area contributed by atoms with Crippen molar-refractivity contribution in [2.45, 2.75) is 6.61 Å². The molecule has 0 aliphatic heterocycles. The number of thiophene rings is 1. The van der Waals surface area contributed by atoms with E-state index in [4.69, 9.17) is 0 Å². The van der Waals surface area contributed by atoms with Gasteiger partial charge in [0.2, 0.25) is 0 Å². The first-order valence-electron chi connectivity index (χ1n) is 8.68. The van der Waals surface area contributed by atoms with Gasteiger partial charge in [-0.1, -0.05) is 6.07 Å². The van der Waals surface area contributed by atoms with E-state index < -0.39 is 18.2 Å². The SMILES string of the molecule is OCc1c(F)ccc(-c2ccc3nc(-c4ccc5sccc5c4)cn3c2)c1F. The first-order chi connectivity index (χ1) is 13.6. The molecule has 0 spiro atoms. The van der Waals surface area contributed by atoms with Crippen LogP contribution in [0.1, 0.15) is 5.56 Å². The van der Waals surface area contributed by atoms with Crippen molar-refractivity contribution in [2.24, 2.45) is 0 Å². The minimum absolute atomic E-state index is 0.238. The Kier molecular flexibility index (Phi) is 3.96. The number of rotatable bonds is 3. The summed E-state index contributed by atoms with van der Waals surface area (Å²) in [6, 6.07) is 14.4. The molecule has 138 valence electrons. The van der Waals surface area contributed by atoms with Crippen LogP contribution in [-0.2, 0) is 6.61 Å². The van der Waals surface area contributed by atoms with Crippen LogP contribution < -0.4 is 0 Å². The standard InChI is InChI=1S/C22H14F2N2OS/c23-18-4-3-16(22(24)17(18)12-27)15-2-6-21-25-19(11-26(21)10-15)13-1-5-20-14(9-13)7-8-28-20/h1-11,27H,12H2. The van der Waals surface area contributed by atoms with Crippen LogP contribution >= 0.6 is 11.3 Å². The van der Waals surface area contributed by atoms with Crippen molar-refractivity contribution in [3.8, 4) is 22.4 Å². The summed E-state index contributed by atoms with van der Waals surface area (Å²) in [6.07, 6.45) is 3.65. The van der Waals surface area contributed by atoms with Gasteiger partial charge in [0.25, 0.3) is 0 Å². The van der Waals surface area contributed by atoms with Crippen molar-refractivity contribution in [1.82, 2.24) is 9.38 Å². The second-order valence-corrected chi connectivity index (χ2v) is 7.48. The van der Waals surface area contributed by atoms with Crippen molar-refractivity contribution in [3.05, 3.63) is 83.5 Å². The van der Waals surface area contributed by atoms with E-state index in [2.05, 4.69) is 28.6 Å². The lowest BCUT2D eigenvalue weighted by Crippen LogP contribution is -1.98. The Balaban J connectivity index is 1.61. The number of fused-ring (bicyclic) bond motifs is 2. The van der Waals surface area contributed by atoms with Crippen LogP contribution in [0.4, 0.5) is 8.78 Å². The third-order valence-corrected chi connectivity index (χ3v) is 5.75. The van der Waals surface area contributed by atoms with E-state index >= 15 is 0 Å². The smallest absolute Gasteiger partial charge is 0.139 e. The van der Waals surface area contributed by atoms with Gasteiger partial charge < -0.3 is 9.51 Å². The summed E-state index contributed by atoms with van der Waals surface area (Å²) in [4.78, 5) is 4.65. The maximum Gasteiger partial charge on any atom is 0.139 e. The number of pyridine rings is 1. The average Bonchev–Trinajstić information content (AvgIpc) is 3.34. The molecule has 0 aliphatic rings. The second-order valence-electron chi connectivity index (χ2n) is 6.53. The van der Waals surface area contributed by atoms with Crippen molar-refractivity contribution >= 4 is 27.1 Å². The third kappa shape index (κ3) is 2.69. The number of hydrogen-bond donors (Lipinski definition) is 1. The summed E-state index contributed by atoms with van der Waals surface area (Å²) in [5.74, 6) is -1.50. The highest BCUT2D eigenvalue weighted by molar-refractivity contribution is 7.17. The van der Waals surface area contributed by atoms with E-state index in [9.17, 15) is 13.9 Å². The molecule has 0 saturated carbocycles. The van der Waals surface area contributed by atoms with Gasteiger partial charge in [-0.15, -0.1) is 11.3 Å². The molecule has 0 aliphatic carbocycles. The molecule has 0 radical (unpaired) electrons. The van der Waals surface area contributed by atoms with Crippen LogP contribution in [0, 0.1) is 11.6 Å². The van der Waals surface area contributed by atoms with E-state index in [1.807, 2.05) is 16.7 Å². The van der Waals surface area contributed by atoms with Gasteiger partial charge in [0.05, 0.1) is 12.3 Å². The molecular weight excluding hydrogens is 378 g/mol. The molecule has 5 aromatic rings. The van der Waals surface area contributed by atoms with E-state index in [0.29, 0.717) is 5.56 Å². The first-order valence-corrected chi connectivity index (χ1v) is 9.56. The molecule has 3 aromatic heterocycles. The predicted molar refractivity (Wildman–Crippen MR) is 107 cm³/mol. The van der Waals surface area contributed by atoms with Gasteiger partial charge in [-0.25, -0.2) is 13.8 Å². The zero-order chi connectivity index (χ0) is 19.3. The molecule has 1 N–H and O–H groups in total. The van der Waals surface area contributed by atoms with Gasteiger partial charge in [0.15, 0.2) is 0 Å². The molecule has 0 bridgehead atoms. The maximum absolute atomic E-state index is 14.6. The molecular formula is C22H14F2N2OS. The van der Waals surface area contributed by atoms with Crippen LogP contribution in [0.2, 0.25) is 0 Å². The molecule has 2 aromatic carbocycles. The van der Waals surface area contributed by atoms with Crippen molar-refractivity contribution in [3.63, 3.8) is 0 Å². The topological polar surface area (TPSA) is 37.5 Å². The molecule has 3 heterocycles. The first kappa shape index (κ1) is 17.0. The lowest BCUT2D eigenvalue weighted by Gasteiger charge is -2.08. The quantitative estimate of drug-likeness (QED) is 0.431. The van der Waals surface area contributed by atoms with Crippen LogP contribution in [0.5, 0.6) is 0 Å². The van der Waals surface area contributed by atoms with E-state index in [0.717, 1.165) is 16.9 Å². The highest BCUT2D eigenvalue weighted by Gasteiger charge is 2.15. The molecule has 3 nitrogen and oxygen atoms in total. The van der Waals surface area contributed by atoms with Gasteiger partial charge in [-0.3, -0.25) is 0 Å².